The molecule has 0 amide bonds. The first-order chi connectivity index (χ1) is 8.18. The van der Waals surface area contributed by atoms with E-state index >= 15 is 0 Å². The summed E-state index contributed by atoms with van der Waals surface area (Å²) in [6.45, 7) is 3.38. The van der Waals surface area contributed by atoms with Gasteiger partial charge in [-0.1, -0.05) is 6.07 Å². The van der Waals surface area contributed by atoms with Crippen LogP contribution in [0.5, 0.6) is 0 Å². The molecule has 0 saturated carbocycles. The van der Waals surface area contributed by atoms with Crippen molar-refractivity contribution in [1.29, 1.82) is 0 Å². The highest BCUT2D eigenvalue weighted by Crippen LogP contribution is 2.22. The molecular formula is C13H17NO3. The van der Waals surface area contributed by atoms with E-state index in [1.807, 2.05) is 13.0 Å². The molecule has 4 nitrogen and oxygen atoms in total. The zero-order chi connectivity index (χ0) is 12.3. The minimum absolute atomic E-state index is 0.363. The Morgan fingerprint density at radius 2 is 2.12 bits per heavy atom. The lowest BCUT2D eigenvalue weighted by molar-refractivity contribution is 0.0696. The summed E-state index contributed by atoms with van der Waals surface area (Å²) in [6, 6.07) is 5.72. The van der Waals surface area contributed by atoms with Crippen molar-refractivity contribution in [1.82, 2.24) is 0 Å². The van der Waals surface area contributed by atoms with E-state index in [0.717, 1.165) is 37.3 Å². The largest absolute Gasteiger partial charge is 0.478 e. The molecule has 4 heteroatoms. The lowest BCUT2D eigenvalue weighted by Crippen LogP contribution is -2.28. The summed E-state index contributed by atoms with van der Waals surface area (Å²) in [7, 11) is 0. The number of carboxylic acid groups (broad SMARTS) is 1. The zero-order valence-electron chi connectivity index (χ0n) is 9.90. The normalized spacial score (nSPS) is 16.8. The van der Waals surface area contributed by atoms with Gasteiger partial charge in [0.05, 0.1) is 5.56 Å². The molecule has 1 aromatic rings. The predicted octanol–water partition coefficient (Wildman–Crippen LogP) is 2.28. The Labute approximate surface area is 101 Å². The molecule has 1 heterocycles. The number of benzene rings is 1. The van der Waals surface area contributed by atoms with Gasteiger partial charge in [-0.05, 0) is 37.5 Å². The highest BCUT2D eigenvalue weighted by atomic mass is 16.5. The third-order valence-corrected chi connectivity index (χ3v) is 3.15. The number of rotatable bonds is 3. The number of ether oxygens (including phenoxy) is 1. The number of hydrogen-bond acceptors (Lipinski definition) is 3. The first kappa shape index (κ1) is 11.9. The van der Waals surface area contributed by atoms with Crippen LogP contribution >= 0.6 is 0 Å². The van der Waals surface area contributed by atoms with Crippen LogP contribution in [0.3, 0.4) is 0 Å². The van der Waals surface area contributed by atoms with Crippen LogP contribution in [0.2, 0.25) is 0 Å². The number of anilines is 1. The van der Waals surface area contributed by atoms with Crippen LogP contribution in [0.4, 0.5) is 5.69 Å². The molecule has 0 atom stereocenters. The second kappa shape index (κ2) is 5.19. The SMILES string of the molecule is Cc1c(NC2CCOCC2)cccc1C(=O)O. The monoisotopic (exact) mass is 235 g/mol. The zero-order valence-corrected chi connectivity index (χ0v) is 9.90. The molecule has 0 unspecified atom stereocenters. The third-order valence-electron chi connectivity index (χ3n) is 3.15. The Bertz CT molecular complexity index is 411. The Morgan fingerprint density at radius 3 is 2.76 bits per heavy atom. The van der Waals surface area contributed by atoms with Gasteiger partial charge >= 0.3 is 5.97 Å². The van der Waals surface area contributed by atoms with E-state index in [2.05, 4.69) is 5.32 Å². The Hall–Kier alpha value is -1.55. The van der Waals surface area contributed by atoms with Crippen molar-refractivity contribution in [3.05, 3.63) is 29.3 Å². The third kappa shape index (κ3) is 2.77. The van der Waals surface area contributed by atoms with E-state index < -0.39 is 5.97 Å². The molecule has 1 fully saturated rings. The highest BCUT2D eigenvalue weighted by molar-refractivity contribution is 5.91. The van der Waals surface area contributed by atoms with Gasteiger partial charge in [0.1, 0.15) is 0 Å². The standard InChI is InChI=1S/C13H17NO3/c1-9-11(13(15)16)3-2-4-12(9)14-10-5-7-17-8-6-10/h2-4,10,14H,5-8H2,1H3,(H,15,16). The average molecular weight is 235 g/mol. The lowest BCUT2D eigenvalue weighted by Gasteiger charge is -2.25. The molecule has 1 saturated heterocycles. The second-order valence-electron chi connectivity index (χ2n) is 4.31. The molecule has 0 radical (unpaired) electrons. The van der Waals surface area contributed by atoms with Crippen LogP contribution < -0.4 is 5.32 Å². The van der Waals surface area contributed by atoms with Crippen molar-refractivity contribution in [3.63, 3.8) is 0 Å². The summed E-state index contributed by atoms with van der Waals surface area (Å²) >= 11 is 0. The summed E-state index contributed by atoms with van der Waals surface area (Å²) in [5.41, 5.74) is 2.07. The molecule has 2 rings (SSSR count). The van der Waals surface area contributed by atoms with Gasteiger partial charge in [0.15, 0.2) is 0 Å². The van der Waals surface area contributed by atoms with Crippen molar-refractivity contribution in [2.45, 2.75) is 25.8 Å². The van der Waals surface area contributed by atoms with Crippen molar-refractivity contribution < 1.29 is 14.6 Å². The van der Waals surface area contributed by atoms with Crippen LogP contribution in [0.1, 0.15) is 28.8 Å². The molecule has 17 heavy (non-hydrogen) atoms. The number of carboxylic acids is 1. The van der Waals surface area contributed by atoms with Gasteiger partial charge in [-0.3, -0.25) is 0 Å². The number of aromatic carboxylic acids is 1. The van der Waals surface area contributed by atoms with Crippen molar-refractivity contribution in [2.75, 3.05) is 18.5 Å². The van der Waals surface area contributed by atoms with E-state index in [4.69, 9.17) is 9.84 Å². The summed E-state index contributed by atoms with van der Waals surface area (Å²) in [5.74, 6) is -0.877. The van der Waals surface area contributed by atoms with Gasteiger partial charge in [0.25, 0.3) is 0 Å². The summed E-state index contributed by atoms with van der Waals surface area (Å²) in [4.78, 5) is 11.0. The fraction of sp³-hybridized carbons (Fsp3) is 0.462. The molecule has 2 N–H and O–H groups in total. The average Bonchev–Trinajstić information content (AvgIpc) is 2.33. The molecule has 92 valence electrons. The fourth-order valence-electron chi connectivity index (χ4n) is 2.09. The minimum atomic E-state index is -0.877. The van der Waals surface area contributed by atoms with E-state index in [1.165, 1.54) is 0 Å². The summed E-state index contributed by atoms with van der Waals surface area (Å²) < 4.78 is 5.30. The molecule has 0 aromatic heterocycles. The van der Waals surface area contributed by atoms with Gasteiger partial charge in [-0.25, -0.2) is 4.79 Å². The van der Waals surface area contributed by atoms with E-state index in [1.54, 1.807) is 12.1 Å². The first-order valence-corrected chi connectivity index (χ1v) is 5.85. The topological polar surface area (TPSA) is 58.6 Å². The summed E-state index contributed by atoms with van der Waals surface area (Å²) in [6.07, 6.45) is 1.94. The maximum atomic E-state index is 11.0. The quantitative estimate of drug-likeness (QED) is 0.843. The molecule has 1 aliphatic rings. The fourth-order valence-corrected chi connectivity index (χ4v) is 2.09. The second-order valence-corrected chi connectivity index (χ2v) is 4.31. The molecular weight excluding hydrogens is 218 g/mol. The molecule has 1 aliphatic heterocycles. The van der Waals surface area contributed by atoms with Crippen LogP contribution in [0.15, 0.2) is 18.2 Å². The Balaban J connectivity index is 2.15. The van der Waals surface area contributed by atoms with Gasteiger partial charge in [0, 0.05) is 24.9 Å². The number of carbonyl (C=O) groups is 1. The van der Waals surface area contributed by atoms with Gasteiger partial charge in [0.2, 0.25) is 0 Å². The van der Waals surface area contributed by atoms with E-state index in [9.17, 15) is 4.79 Å². The maximum Gasteiger partial charge on any atom is 0.336 e. The van der Waals surface area contributed by atoms with E-state index in [0.29, 0.717) is 11.6 Å². The van der Waals surface area contributed by atoms with Crippen LogP contribution in [-0.2, 0) is 4.74 Å². The van der Waals surface area contributed by atoms with Crippen LogP contribution in [0, 0.1) is 6.92 Å². The van der Waals surface area contributed by atoms with Gasteiger partial charge in [-0.15, -0.1) is 0 Å². The minimum Gasteiger partial charge on any atom is -0.478 e. The molecule has 0 aliphatic carbocycles. The van der Waals surface area contributed by atoms with Gasteiger partial charge < -0.3 is 15.2 Å². The smallest absolute Gasteiger partial charge is 0.336 e. The highest BCUT2D eigenvalue weighted by Gasteiger charge is 2.16. The maximum absolute atomic E-state index is 11.0. The van der Waals surface area contributed by atoms with Crippen LogP contribution in [0.25, 0.3) is 0 Å². The van der Waals surface area contributed by atoms with E-state index in [-0.39, 0.29) is 0 Å². The lowest BCUT2D eigenvalue weighted by atomic mass is 10.0. The number of hydrogen-bond donors (Lipinski definition) is 2. The van der Waals surface area contributed by atoms with Crippen molar-refractivity contribution in [3.8, 4) is 0 Å². The van der Waals surface area contributed by atoms with Crippen molar-refractivity contribution >= 4 is 11.7 Å². The molecule has 0 bridgehead atoms. The van der Waals surface area contributed by atoms with Crippen LogP contribution in [-0.4, -0.2) is 30.3 Å². The first-order valence-electron chi connectivity index (χ1n) is 5.85. The Kier molecular flexibility index (Phi) is 3.64. The summed E-state index contributed by atoms with van der Waals surface area (Å²) in [5, 5.41) is 12.4. The van der Waals surface area contributed by atoms with Gasteiger partial charge in [-0.2, -0.15) is 0 Å². The predicted molar refractivity (Wildman–Crippen MR) is 65.6 cm³/mol. The van der Waals surface area contributed by atoms with Crippen molar-refractivity contribution in [2.24, 2.45) is 0 Å². The number of nitrogens with one attached hydrogen (secondary N) is 1. The molecule has 0 spiro atoms. The molecule has 1 aromatic carbocycles. The Morgan fingerprint density at radius 1 is 1.41 bits per heavy atom.